The molecule has 5 saturated carbocycles. The first-order valence-electron chi connectivity index (χ1n) is 8.98. The SMILES string of the molecule is CC1CC1CN(C)CC(N)C12CC3CC(CC(C3)C1)C2. The van der Waals surface area contributed by atoms with Gasteiger partial charge in [-0.05, 0) is 87.0 Å². The first kappa shape index (κ1) is 13.6. The molecule has 0 aromatic carbocycles. The number of hydrogen-bond donors (Lipinski definition) is 1. The van der Waals surface area contributed by atoms with Crippen LogP contribution in [0.2, 0.25) is 0 Å². The maximum absolute atomic E-state index is 6.76. The molecule has 5 rings (SSSR count). The molecular formula is C18H32N2. The molecule has 114 valence electrons. The van der Waals surface area contributed by atoms with Gasteiger partial charge in [-0.15, -0.1) is 0 Å². The molecule has 3 unspecified atom stereocenters. The number of nitrogens with two attached hydrogens (primary N) is 1. The summed E-state index contributed by atoms with van der Waals surface area (Å²) < 4.78 is 0. The Morgan fingerprint density at radius 1 is 1.05 bits per heavy atom. The van der Waals surface area contributed by atoms with Crippen LogP contribution in [0.5, 0.6) is 0 Å². The highest BCUT2D eigenvalue weighted by Gasteiger charge is 2.53. The van der Waals surface area contributed by atoms with E-state index in [2.05, 4.69) is 18.9 Å². The number of hydrogen-bond acceptors (Lipinski definition) is 2. The van der Waals surface area contributed by atoms with Crippen molar-refractivity contribution in [2.45, 2.75) is 57.9 Å². The van der Waals surface area contributed by atoms with Crippen LogP contribution in [0.15, 0.2) is 0 Å². The average molecular weight is 276 g/mol. The molecule has 5 fully saturated rings. The topological polar surface area (TPSA) is 29.3 Å². The van der Waals surface area contributed by atoms with E-state index in [0.717, 1.165) is 36.1 Å². The summed E-state index contributed by atoms with van der Waals surface area (Å²) in [7, 11) is 2.30. The van der Waals surface area contributed by atoms with Gasteiger partial charge >= 0.3 is 0 Å². The molecule has 4 bridgehead atoms. The lowest BCUT2D eigenvalue weighted by molar-refractivity contribution is -0.0707. The van der Waals surface area contributed by atoms with Crippen LogP contribution < -0.4 is 5.73 Å². The van der Waals surface area contributed by atoms with Gasteiger partial charge in [0.05, 0.1) is 0 Å². The van der Waals surface area contributed by atoms with E-state index in [9.17, 15) is 0 Å². The minimum Gasteiger partial charge on any atom is -0.326 e. The summed E-state index contributed by atoms with van der Waals surface area (Å²) in [5.41, 5.74) is 7.29. The van der Waals surface area contributed by atoms with Crippen LogP contribution in [0.4, 0.5) is 0 Å². The fourth-order valence-corrected chi connectivity index (χ4v) is 6.29. The van der Waals surface area contributed by atoms with Crippen molar-refractivity contribution in [2.75, 3.05) is 20.1 Å². The van der Waals surface area contributed by atoms with Crippen molar-refractivity contribution in [3.05, 3.63) is 0 Å². The zero-order chi connectivity index (χ0) is 13.9. The minimum absolute atomic E-state index is 0.426. The van der Waals surface area contributed by atoms with Crippen LogP contribution in [-0.4, -0.2) is 31.1 Å². The lowest BCUT2D eigenvalue weighted by Gasteiger charge is -2.59. The summed E-state index contributed by atoms with van der Waals surface area (Å²) in [6.45, 7) is 4.80. The summed E-state index contributed by atoms with van der Waals surface area (Å²) in [4.78, 5) is 2.54. The maximum Gasteiger partial charge on any atom is 0.0225 e. The second-order valence-corrected chi connectivity index (χ2v) is 9.08. The Morgan fingerprint density at radius 3 is 2.00 bits per heavy atom. The molecule has 20 heavy (non-hydrogen) atoms. The number of rotatable bonds is 5. The second kappa shape index (κ2) is 4.71. The molecule has 3 atom stereocenters. The molecule has 0 heterocycles. The van der Waals surface area contributed by atoms with Crippen molar-refractivity contribution in [2.24, 2.45) is 40.7 Å². The predicted octanol–water partition coefficient (Wildman–Crippen LogP) is 3.12. The van der Waals surface area contributed by atoms with Crippen LogP contribution in [0.25, 0.3) is 0 Å². The summed E-state index contributed by atoms with van der Waals surface area (Å²) in [5, 5.41) is 0. The van der Waals surface area contributed by atoms with E-state index in [4.69, 9.17) is 5.73 Å². The van der Waals surface area contributed by atoms with E-state index in [1.165, 1.54) is 51.5 Å². The van der Waals surface area contributed by atoms with Gasteiger partial charge in [-0.3, -0.25) is 0 Å². The highest BCUT2D eigenvalue weighted by Crippen LogP contribution is 2.61. The van der Waals surface area contributed by atoms with Crippen molar-refractivity contribution < 1.29 is 0 Å². The van der Waals surface area contributed by atoms with Crippen LogP contribution in [0.3, 0.4) is 0 Å². The molecule has 5 aliphatic rings. The standard InChI is InChI=1S/C18H32N2/c1-12-3-16(12)10-20(2)11-17(19)18-7-13-4-14(8-18)6-15(5-13)9-18/h12-17H,3-11,19H2,1-2H3. The quantitative estimate of drug-likeness (QED) is 0.836. The molecule has 0 spiro atoms. The Bertz CT molecular complexity index is 342. The van der Waals surface area contributed by atoms with Gasteiger partial charge in [-0.2, -0.15) is 0 Å². The molecule has 0 amide bonds. The number of nitrogens with zero attached hydrogens (tertiary/aromatic N) is 1. The number of likely N-dealkylation sites (N-methyl/N-ethyl adjacent to an activating group) is 1. The second-order valence-electron chi connectivity index (χ2n) is 9.08. The van der Waals surface area contributed by atoms with Gasteiger partial charge in [0.25, 0.3) is 0 Å². The smallest absolute Gasteiger partial charge is 0.0225 e. The first-order valence-corrected chi connectivity index (χ1v) is 8.98. The highest BCUT2D eigenvalue weighted by atomic mass is 15.1. The average Bonchev–Trinajstić information content (AvgIpc) is 3.02. The van der Waals surface area contributed by atoms with Crippen LogP contribution >= 0.6 is 0 Å². The molecule has 5 aliphatic carbocycles. The molecule has 2 nitrogen and oxygen atoms in total. The van der Waals surface area contributed by atoms with E-state index in [0.29, 0.717) is 11.5 Å². The fraction of sp³-hybridized carbons (Fsp3) is 1.00. The molecule has 0 aromatic heterocycles. The van der Waals surface area contributed by atoms with E-state index >= 15 is 0 Å². The maximum atomic E-state index is 6.76. The summed E-state index contributed by atoms with van der Waals surface area (Å²) in [6, 6.07) is 0.426. The fourth-order valence-electron chi connectivity index (χ4n) is 6.29. The Morgan fingerprint density at radius 2 is 1.55 bits per heavy atom. The van der Waals surface area contributed by atoms with Gasteiger partial charge in [0.1, 0.15) is 0 Å². The molecule has 0 aliphatic heterocycles. The predicted molar refractivity (Wildman–Crippen MR) is 83.3 cm³/mol. The summed E-state index contributed by atoms with van der Waals surface area (Å²) in [6.07, 6.45) is 10.4. The van der Waals surface area contributed by atoms with Crippen molar-refractivity contribution >= 4 is 0 Å². The van der Waals surface area contributed by atoms with Gasteiger partial charge in [0.2, 0.25) is 0 Å². The third kappa shape index (κ3) is 2.33. The van der Waals surface area contributed by atoms with Crippen molar-refractivity contribution in [1.82, 2.24) is 4.90 Å². The van der Waals surface area contributed by atoms with Crippen LogP contribution in [0, 0.1) is 35.0 Å². The lowest BCUT2D eigenvalue weighted by atomic mass is 9.48. The van der Waals surface area contributed by atoms with E-state index in [-0.39, 0.29) is 0 Å². The highest BCUT2D eigenvalue weighted by molar-refractivity contribution is 5.06. The monoisotopic (exact) mass is 276 g/mol. The van der Waals surface area contributed by atoms with Crippen molar-refractivity contribution in [3.8, 4) is 0 Å². The van der Waals surface area contributed by atoms with Crippen molar-refractivity contribution in [3.63, 3.8) is 0 Å². The van der Waals surface area contributed by atoms with Gasteiger partial charge in [0, 0.05) is 19.1 Å². The minimum atomic E-state index is 0.426. The zero-order valence-electron chi connectivity index (χ0n) is 13.4. The van der Waals surface area contributed by atoms with Gasteiger partial charge in [-0.25, -0.2) is 0 Å². The van der Waals surface area contributed by atoms with Gasteiger partial charge in [0.15, 0.2) is 0 Å². The molecule has 2 N–H and O–H groups in total. The molecule has 0 aromatic rings. The lowest BCUT2D eigenvalue weighted by Crippen LogP contribution is -2.57. The molecular weight excluding hydrogens is 244 g/mol. The van der Waals surface area contributed by atoms with Crippen molar-refractivity contribution in [1.29, 1.82) is 0 Å². The van der Waals surface area contributed by atoms with E-state index < -0.39 is 0 Å². The van der Waals surface area contributed by atoms with E-state index in [1.807, 2.05) is 0 Å². The Balaban J connectivity index is 1.39. The van der Waals surface area contributed by atoms with Crippen LogP contribution in [-0.2, 0) is 0 Å². The normalized spacial score (nSPS) is 50.7. The summed E-state index contributed by atoms with van der Waals surface area (Å²) >= 11 is 0. The Labute approximate surface area is 124 Å². The Hall–Kier alpha value is -0.0800. The van der Waals surface area contributed by atoms with Gasteiger partial charge in [-0.1, -0.05) is 6.92 Å². The van der Waals surface area contributed by atoms with Gasteiger partial charge < -0.3 is 10.6 Å². The molecule has 2 heteroatoms. The van der Waals surface area contributed by atoms with E-state index in [1.54, 1.807) is 0 Å². The largest absolute Gasteiger partial charge is 0.326 e. The first-order chi connectivity index (χ1) is 9.54. The summed E-state index contributed by atoms with van der Waals surface area (Å²) in [5.74, 6) is 5.01. The Kier molecular flexibility index (Phi) is 3.20. The third-order valence-corrected chi connectivity index (χ3v) is 7.20. The molecule has 0 saturated heterocycles. The van der Waals surface area contributed by atoms with Crippen LogP contribution in [0.1, 0.15) is 51.9 Å². The zero-order valence-corrected chi connectivity index (χ0v) is 13.4. The third-order valence-electron chi connectivity index (χ3n) is 7.20. The molecule has 0 radical (unpaired) electrons.